The number of nitrogens with zero attached hydrogens (tertiary/aromatic N) is 1. The van der Waals surface area contributed by atoms with Gasteiger partial charge in [0.2, 0.25) is 0 Å². The quantitative estimate of drug-likeness (QED) is 0.893. The van der Waals surface area contributed by atoms with E-state index >= 15 is 0 Å². The van der Waals surface area contributed by atoms with Gasteiger partial charge in [0, 0.05) is 19.1 Å². The molecule has 1 aromatic carbocycles. The van der Waals surface area contributed by atoms with E-state index in [2.05, 4.69) is 0 Å². The van der Waals surface area contributed by atoms with E-state index in [1.165, 1.54) is 0 Å². The van der Waals surface area contributed by atoms with Gasteiger partial charge in [-0.3, -0.25) is 0 Å². The fourth-order valence-electron chi connectivity index (χ4n) is 2.07. The monoisotopic (exact) mass is 274 g/mol. The zero-order valence-electron chi connectivity index (χ0n) is 11.6. The Kier molecular flexibility index (Phi) is 5.38. The van der Waals surface area contributed by atoms with Gasteiger partial charge in [0.15, 0.2) is 0 Å². The lowest BCUT2D eigenvalue weighted by Gasteiger charge is -2.22. The molecule has 0 bridgehead atoms. The first-order chi connectivity index (χ1) is 8.67. The Balaban J connectivity index is 2.56. The maximum Gasteiger partial charge on any atom is 0.390 e. The van der Waals surface area contributed by atoms with Crippen LogP contribution in [0.2, 0.25) is 0 Å². The minimum absolute atomic E-state index is 0.0258. The van der Waals surface area contributed by atoms with Crippen LogP contribution in [0.1, 0.15) is 29.2 Å². The van der Waals surface area contributed by atoms with Crippen LogP contribution < -0.4 is 5.73 Å². The average Bonchev–Trinajstić information content (AvgIpc) is 2.24. The minimum Gasteiger partial charge on any atom is -0.323 e. The molecule has 0 saturated carbocycles. The highest BCUT2D eigenvalue weighted by Crippen LogP contribution is 2.20. The largest absolute Gasteiger partial charge is 0.390 e. The second-order valence-corrected chi connectivity index (χ2v) is 5.15. The van der Waals surface area contributed by atoms with Gasteiger partial charge in [-0.1, -0.05) is 29.3 Å². The van der Waals surface area contributed by atoms with Crippen LogP contribution in [-0.4, -0.2) is 31.2 Å². The van der Waals surface area contributed by atoms with Crippen molar-refractivity contribution in [2.75, 3.05) is 20.1 Å². The fourth-order valence-corrected chi connectivity index (χ4v) is 2.07. The van der Waals surface area contributed by atoms with E-state index in [0.29, 0.717) is 6.54 Å². The Morgan fingerprint density at radius 2 is 1.68 bits per heavy atom. The lowest BCUT2D eigenvalue weighted by molar-refractivity contribution is -0.137. The Morgan fingerprint density at radius 1 is 1.16 bits per heavy atom. The van der Waals surface area contributed by atoms with Gasteiger partial charge in [-0.2, -0.15) is 13.2 Å². The number of likely N-dealkylation sites (N-methyl/N-ethyl adjacent to an activating group) is 1. The molecular formula is C14H21F3N2. The molecule has 5 heteroatoms. The van der Waals surface area contributed by atoms with Crippen LogP contribution in [-0.2, 0) is 0 Å². The van der Waals surface area contributed by atoms with Gasteiger partial charge in [0.05, 0.1) is 6.42 Å². The highest BCUT2D eigenvalue weighted by Gasteiger charge is 2.27. The molecule has 0 radical (unpaired) electrons. The summed E-state index contributed by atoms with van der Waals surface area (Å²) in [6.07, 6.45) is -4.92. The molecule has 2 N–H and O–H groups in total. The summed E-state index contributed by atoms with van der Waals surface area (Å²) in [5.74, 6) is 0. The van der Waals surface area contributed by atoms with Crippen LogP contribution in [0.4, 0.5) is 13.2 Å². The van der Waals surface area contributed by atoms with Crippen LogP contribution in [0.15, 0.2) is 18.2 Å². The summed E-state index contributed by atoms with van der Waals surface area (Å²) in [6, 6.07) is 5.74. The Labute approximate surface area is 112 Å². The summed E-state index contributed by atoms with van der Waals surface area (Å²) >= 11 is 0. The maximum absolute atomic E-state index is 12.1. The van der Waals surface area contributed by atoms with Gasteiger partial charge in [-0.05, 0) is 26.5 Å². The molecule has 0 aromatic heterocycles. The van der Waals surface area contributed by atoms with Gasteiger partial charge in [-0.15, -0.1) is 0 Å². The second-order valence-electron chi connectivity index (χ2n) is 5.15. The normalized spacial score (nSPS) is 13.9. The third kappa shape index (κ3) is 6.07. The van der Waals surface area contributed by atoms with Crippen molar-refractivity contribution < 1.29 is 13.2 Å². The summed E-state index contributed by atoms with van der Waals surface area (Å²) in [6.45, 7) is 4.36. The zero-order chi connectivity index (χ0) is 14.6. The van der Waals surface area contributed by atoms with E-state index in [9.17, 15) is 13.2 Å². The predicted molar refractivity (Wildman–Crippen MR) is 71.0 cm³/mol. The summed E-state index contributed by atoms with van der Waals surface area (Å²) in [4.78, 5) is 1.62. The maximum atomic E-state index is 12.1. The van der Waals surface area contributed by atoms with Gasteiger partial charge in [-0.25, -0.2) is 0 Å². The van der Waals surface area contributed by atoms with E-state index in [-0.39, 0.29) is 12.6 Å². The molecule has 0 aliphatic carbocycles. The second kappa shape index (κ2) is 6.39. The molecule has 1 unspecified atom stereocenters. The van der Waals surface area contributed by atoms with Crippen LogP contribution in [0.3, 0.4) is 0 Å². The fraction of sp³-hybridized carbons (Fsp3) is 0.571. The highest BCUT2D eigenvalue weighted by molar-refractivity contribution is 5.30. The average molecular weight is 274 g/mol. The van der Waals surface area contributed by atoms with E-state index in [1.54, 1.807) is 11.9 Å². The first-order valence-corrected chi connectivity index (χ1v) is 6.26. The SMILES string of the molecule is Cc1cc(C)cc(C(N)CN(C)CCC(F)(F)F)c1. The first-order valence-electron chi connectivity index (χ1n) is 6.26. The smallest absolute Gasteiger partial charge is 0.323 e. The van der Waals surface area contributed by atoms with E-state index < -0.39 is 12.6 Å². The molecule has 0 aliphatic rings. The number of rotatable bonds is 5. The molecule has 1 atom stereocenters. The summed E-state index contributed by atoms with van der Waals surface area (Å²) < 4.78 is 36.4. The molecule has 0 aliphatic heterocycles. The summed E-state index contributed by atoms with van der Waals surface area (Å²) in [5, 5.41) is 0. The minimum atomic E-state index is -4.11. The summed E-state index contributed by atoms with van der Waals surface area (Å²) in [5.41, 5.74) is 9.25. The Bertz CT molecular complexity index is 395. The molecule has 0 amide bonds. The van der Waals surface area contributed by atoms with Crippen LogP contribution in [0, 0.1) is 13.8 Å². The van der Waals surface area contributed by atoms with E-state index in [0.717, 1.165) is 16.7 Å². The third-order valence-electron chi connectivity index (χ3n) is 2.96. The molecule has 2 nitrogen and oxygen atoms in total. The molecule has 108 valence electrons. The van der Waals surface area contributed by atoms with Crippen molar-refractivity contribution in [2.24, 2.45) is 5.73 Å². The Morgan fingerprint density at radius 3 is 2.16 bits per heavy atom. The van der Waals surface area contributed by atoms with Crippen LogP contribution >= 0.6 is 0 Å². The molecule has 1 rings (SSSR count). The summed E-state index contributed by atoms with van der Waals surface area (Å²) in [7, 11) is 1.66. The van der Waals surface area contributed by atoms with Gasteiger partial charge < -0.3 is 10.6 Å². The molecule has 0 spiro atoms. The zero-order valence-corrected chi connectivity index (χ0v) is 11.6. The molecule has 0 saturated heterocycles. The molecule has 1 aromatic rings. The van der Waals surface area contributed by atoms with Crippen molar-refractivity contribution >= 4 is 0 Å². The molecule has 0 fully saturated rings. The van der Waals surface area contributed by atoms with Gasteiger partial charge in [0.25, 0.3) is 0 Å². The highest BCUT2D eigenvalue weighted by atomic mass is 19.4. The third-order valence-corrected chi connectivity index (χ3v) is 2.96. The molecule has 19 heavy (non-hydrogen) atoms. The van der Waals surface area contributed by atoms with Gasteiger partial charge >= 0.3 is 6.18 Å². The van der Waals surface area contributed by atoms with Gasteiger partial charge in [0.1, 0.15) is 0 Å². The van der Waals surface area contributed by atoms with Crippen molar-refractivity contribution in [3.8, 4) is 0 Å². The number of halogens is 3. The predicted octanol–water partition coefficient (Wildman–Crippen LogP) is 3.19. The number of hydrogen-bond donors (Lipinski definition) is 1. The van der Waals surface area contributed by atoms with Crippen molar-refractivity contribution in [3.05, 3.63) is 34.9 Å². The van der Waals surface area contributed by atoms with Crippen molar-refractivity contribution in [1.82, 2.24) is 4.90 Å². The number of hydrogen-bond acceptors (Lipinski definition) is 2. The van der Waals surface area contributed by atoms with E-state index in [4.69, 9.17) is 5.73 Å². The molecular weight excluding hydrogens is 253 g/mol. The van der Waals surface area contributed by atoms with Crippen LogP contribution in [0.25, 0.3) is 0 Å². The number of aryl methyl sites for hydroxylation is 2. The van der Waals surface area contributed by atoms with Crippen LogP contribution in [0.5, 0.6) is 0 Å². The Hall–Kier alpha value is -1.07. The number of nitrogens with two attached hydrogens (primary N) is 1. The topological polar surface area (TPSA) is 29.3 Å². The first kappa shape index (κ1) is 16.0. The number of benzene rings is 1. The molecule has 0 heterocycles. The lowest BCUT2D eigenvalue weighted by atomic mass is 10.0. The standard InChI is InChI=1S/C14H21F3N2/c1-10-6-11(2)8-12(7-10)13(18)9-19(3)5-4-14(15,16)17/h6-8,13H,4-5,9,18H2,1-3H3. The lowest BCUT2D eigenvalue weighted by Crippen LogP contribution is -2.31. The van der Waals surface area contributed by atoms with Crippen molar-refractivity contribution in [1.29, 1.82) is 0 Å². The number of alkyl halides is 3. The van der Waals surface area contributed by atoms with Crippen molar-refractivity contribution in [2.45, 2.75) is 32.5 Å². The van der Waals surface area contributed by atoms with Crippen molar-refractivity contribution in [3.63, 3.8) is 0 Å². The van der Waals surface area contributed by atoms with E-state index in [1.807, 2.05) is 32.0 Å².